The van der Waals surface area contributed by atoms with Crippen molar-refractivity contribution in [3.8, 4) is 11.5 Å². The number of carboxylic acid groups (broad SMARTS) is 1. The Morgan fingerprint density at radius 2 is 1.83 bits per heavy atom. The normalized spacial score (nSPS) is 11.2. The van der Waals surface area contributed by atoms with Gasteiger partial charge in [0.25, 0.3) is 0 Å². The predicted octanol–water partition coefficient (Wildman–Crippen LogP) is 2.46. The molecule has 132 valence electrons. The number of rotatable bonds is 5. The van der Waals surface area contributed by atoms with Crippen molar-refractivity contribution >= 4 is 20.0 Å². The van der Waals surface area contributed by atoms with Crippen LogP contribution in [0, 0.1) is 11.5 Å². The number of benzene rings is 1. The van der Waals surface area contributed by atoms with Crippen molar-refractivity contribution in [2.24, 2.45) is 5.73 Å². The highest BCUT2D eigenvalue weighted by Gasteiger charge is 2.10. The molecule has 0 aliphatic heterocycles. The summed E-state index contributed by atoms with van der Waals surface area (Å²) in [6.45, 7) is 8.58. The minimum atomic E-state index is -1.38. The number of hydrogen-bond donors (Lipinski definition) is 2. The molecule has 1 rings (SSSR count). The van der Waals surface area contributed by atoms with Crippen LogP contribution < -0.4 is 5.73 Å². The molecule has 1 aromatic rings. The van der Waals surface area contributed by atoms with Crippen LogP contribution in [0.5, 0.6) is 0 Å². The molecule has 0 heterocycles. The first-order valence-electron chi connectivity index (χ1n) is 7.83. The minimum absolute atomic E-state index is 0.112. The first-order chi connectivity index (χ1) is 11.1. The van der Waals surface area contributed by atoms with E-state index in [0.717, 1.165) is 5.56 Å². The van der Waals surface area contributed by atoms with Gasteiger partial charge in [0, 0.05) is 0 Å². The second-order valence-corrected chi connectivity index (χ2v) is 10.9. The molecule has 0 aliphatic carbocycles. The molecule has 1 atom stereocenters. The smallest absolute Gasteiger partial charge is 0.308 e. The molecule has 0 spiro atoms. The molecule has 1 unspecified atom stereocenters. The number of hydrogen-bond acceptors (Lipinski definition) is 4. The molecule has 1 aromatic carbocycles. The number of carbonyl (C=O) groups excluding carboxylic acids is 1. The van der Waals surface area contributed by atoms with Crippen LogP contribution in [0.3, 0.4) is 0 Å². The topological polar surface area (TPSA) is 89.6 Å². The third-order valence-electron chi connectivity index (χ3n) is 2.52. The summed E-state index contributed by atoms with van der Waals surface area (Å²) in [7, 11) is -1.38. The molecule has 0 amide bonds. The summed E-state index contributed by atoms with van der Waals surface area (Å²) < 4.78 is 4.77. The second kappa shape index (κ2) is 11.4. The maximum absolute atomic E-state index is 11.0. The quantitative estimate of drug-likeness (QED) is 0.484. The monoisotopic (exact) mass is 349 g/mol. The lowest BCUT2D eigenvalue weighted by Crippen LogP contribution is -2.25. The fourth-order valence-electron chi connectivity index (χ4n) is 1.53. The van der Waals surface area contributed by atoms with Crippen LogP contribution in [0.4, 0.5) is 0 Å². The highest BCUT2D eigenvalue weighted by molar-refractivity contribution is 6.83. The van der Waals surface area contributed by atoms with Gasteiger partial charge >= 0.3 is 11.9 Å². The minimum Gasteiger partial charge on any atom is -0.481 e. The van der Waals surface area contributed by atoms with Crippen LogP contribution in [0.2, 0.25) is 19.6 Å². The van der Waals surface area contributed by atoms with Crippen LogP contribution in [0.25, 0.3) is 0 Å². The van der Waals surface area contributed by atoms with Gasteiger partial charge in [-0.2, -0.15) is 0 Å². The zero-order chi connectivity index (χ0) is 18.6. The Hall–Kier alpha value is -2.10. The van der Waals surface area contributed by atoms with Crippen LogP contribution >= 0.6 is 0 Å². The van der Waals surface area contributed by atoms with Crippen molar-refractivity contribution in [2.45, 2.75) is 45.4 Å². The van der Waals surface area contributed by atoms with Gasteiger partial charge < -0.3 is 15.6 Å². The van der Waals surface area contributed by atoms with Gasteiger partial charge in [0.05, 0.1) is 25.5 Å². The molecule has 0 saturated heterocycles. The summed E-state index contributed by atoms with van der Waals surface area (Å²) in [6.07, 6.45) is 0.298. The number of aliphatic carboxylic acids is 1. The number of ether oxygens (including phenoxy) is 1. The maximum atomic E-state index is 11.0. The molecular weight excluding hydrogens is 322 g/mol. The molecule has 0 aromatic heterocycles. The number of carbonyl (C=O) groups is 2. The second-order valence-electron chi connectivity index (χ2n) is 6.19. The SMILES string of the molecule is CCOC(=O)CC(N)C#C[Si](C)(C)C.O=C(O)Cc1ccccc1. The van der Waals surface area contributed by atoms with Crippen LogP contribution in [0.1, 0.15) is 18.9 Å². The molecule has 0 fully saturated rings. The van der Waals surface area contributed by atoms with Gasteiger partial charge in [0.1, 0.15) is 8.07 Å². The third-order valence-corrected chi connectivity index (χ3v) is 3.42. The lowest BCUT2D eigenvalue weighted by molar-refractivity contribution is -0.143. The highest BCUT2D eigenvalue weighted by atomic mass is 28.3. The fraction of sp³-hybridized carbons (Fsp3) is 0.444. The van der Waals surface area contributed by atoms with Gasteiger partial charge in [0.15, 0.2) is 0 Å². The lowest BCUT2D eigenvalue weighted by Gasteiger charge is -2.07. The summed E-state index contributed by atoms with van der Waals surface area (Å²) in [5, 5.41) is 8.37. The Bertz CT molecular complexity index is 570. The van der Waals surface area contributed by atoms with Crippen molar-refractivity contribution in [1.82, 2.24) is 0 Å². The Morgan fingerprint density at radius 1 is 1.25 bits per heavy atom. The zero-order valence-electron chi connectivity index (χ0n) is 14.8. The van der Waals surface area contributed by atoms with Crippen molar-refractivity contribution in [3.05, 3.63) is 35.9 Å². The Kier molecular flexibility index (Phi) is 10.4. The fourth-order valence-corrected chi connectivity index (χ4v) is 2.15. The van der Waals surface area contributed by atoms with E-state index < -0.39 is 14.0 Å². The van der Waals surface area contributed by atoms with Crippen LogP contribution in [-0.2, 0) is 20.7 Å². The van der Waals surface area contributed by atoms with E-state index in [1.165, 1.54) is 0 Å². The molecule has 0 aliphatic rings. The summed E-state index contributed by atoms with van der Waals surface area (Å²) in [4.78, 5) is 21.2. The van der Waals surface area contributed by atoms with Crippen LogP contribution in [-0.4, -0.2) is 37.8 Å². The summed E-state index contributed by atoms with van der Waals surface area (Å²) in [5.41, 5.74) is 9.63. The van der Waals surface area contributed by atoms with Crippen molar-refractivity contribution in [1.29, 1.82) is 0 Å². The van der Waals surface area contributed by atoms with Gasteiger partial charge in [-0.05, 0) is 12.5 Å². The maximum Gasteiger partial charge on any atom is 0.308 e. The van der Waals surface area contributed by atoms with Gasteiger partial charge in [-0.3, -0.25) is 9.59 Å². The van der Waals surface area contributed by atoms with Crippen LogP contribution in [0.15, 0.2) is 30.3 Å². The van der Waals surface area contributed by atoms with E-state index in [1.54, 1.807) is 19.1 Å². The Labute approximate surface area is 145 Å². The average molecular weight is 350 g/mol. The molecule has 3 N–H and O–H groups in total. The first kappa shape index (κ1) is 21.9. The van der Waals surface area contributed by atoms with E-state index in [1.807, 2.05) is 18.2 Å². The van der Waals surface area contributed by atoms with E-state index in [0.29, 0.717) is 6.61 Å². The number of esters is 1. The molecular formula is C18H27NO4Si. The number of nitrogens with two attached hydrogens (primary N) is 1. The molecule has 0 bridgehead atoms. The average Bonchev–Trinajstić information content (AvgIpc) is 2.46. The van der Waals surface area contributed by atoms with E-state index in [4.69, 9.17) is 15.6 Å². The summed E-state index contributed by atoms with van der Waals surface area (Å²) in [6, 6.07) is 8.74. The number of carboxylic acids is 1. The summed E-state index contributed by atoms with van der Waals surface area (Å²) in [5.74, 6) is 1.84. The Balaban J connectivity index is 0.000000463. The Morgan fingerprint density at radius 3 is 2.29 bits per heavy atom. The van der Waals surface area contributed by atoms with Crippen molar-refractivity contribution < 1.29 is 19.4 Å². The van der Waals surface area contributed by atoms with E-state index in [2.05, 4.69) is 31.1 Å². The van der Waals surface area contributed by atoms with Gasteiger partial charge in [-0.15, -0.1) is 5.54 Å². The molecule has 5 nitrogen and oxygen atoms in total. The largest absolute Gasteiger partial charge is 0.481 e. The molecule has 24 heavy (non-hydrogen) atoms. The van der Waals surface area contributed by atoms with E-state index in [-0.39, 0.29) is 24.9 Å². The lowest BCUT2D eigenvalue weighted by atomic mass is 10.2. The van der Waals surface area contributed by atoms with Crippen molar-refractivity contribution in [2.75, 3.05) is 6.61 Å². The van der Waals surface area contributed by atoms with Gasteiger partial charge in [-0.1, -0.05) is 55.9 Å². The summed E-state index contributed by atoms with van der Waals surface area (Å²) >= 11 is 0. The molecule has 6 heteroatoms. The zero-order valence-corrected chi connectivity index (χ0v) is 15.8. The highest BCUT2D eigenvalue weighted by Crippen LogP contribution is 1.99. The first-order valence-corrected chi connectivity index (χ1v) is 11.3. The van der Waals surface area contributed by atoms with E-state index >= 15 is 0 Å². The molecule has 0 saturated carbocycles. The third kappa shape index (κ3) is 13.6. The van der Waals surface area contributed by atoms with Crippen molar-refractivity contribution in [3.63, 3.8) is 0 Å². The standard InChI is InChI=1S/C10H19NO2Si.C8H8O2/c1-5-13-10(12)8-9(11)6-7-14(2,3)4;9-8(10)6-7-4-2-1-3-5-7/h9H,5,8,11H2,1-4H3;1-5H,6H2,(H,9,10). The van der Waals surface area contributed by atoms with Gasteiger partial charge in [0.2, 0.25) is 0 Å². The molecule has 0 radical (unpaired) electrons. The van der Waals surface area contributed by atoms with Gasteiger partial charge in [-0.25, -0.2) is 0 Å². The van der Waals surface area contributed by atoms with E-state index in [9.17, 15) is 9.59 Å². The predicted molar refractivity (Wildman–Crippen MR) is 98.1 cm³/mol.